The molecule has 0 heterocycles. The van der Waals surface area contributed by atoms with Crippen molar-refractivity contribution >= 4 is 0 Å². The van der Waals surface area contributed by atoms with Gasteiger partial charge >= 0.3 is 0 Å². The van der Waals surface area contributed by atoms with Crippen molar-refractivity contribution in [2.45, 2.75) is 13.5 Å². The van der Waals surface area contributed by atoms with E-state index in [1.165, 1.54) is 6.92 Å². The highest BCUT2D eigenvalue weighted by Gasteiger charge is 2.14. The third-order valence-electron chi connectivity index (χ3n) is 2.57. The molecule has 106 valence electrons. The van der Waals surface area contributed by atoms with Gasteiger partial charge in [-0.15, -0.1) is 0 Å². The quantitative estimate of drug-likeness (QED) is 0.605. The molecule has 0 radical (unpaired) electrons. The minimum Gasteiger partial charge on any atom is -0.483 e. The Labute approximate surface area is 111 Å². The van der Waals surface area contributed by atoms with Gasteiger partial charge in [0, 0.05) is 0 Å². The molecule has 0 saturated carbocycles. The summed E-state index contributed by atoms with van der Waals surface area (Å²) >= 11 is 0. The molecule has 0 unspecified atom stereocenters. The van der Waals surface area contributed by atoms with Gasteiger partial charge in [-0.05, 0) is 42.3 Å². The number of halogens is 5. The molecule has 1 nitrogen and oxygen atoms in total. The van der Waals surface area contributed by atoms with Gasteiger partial charge in [0.1, 0.15) is 6.61 Å². The van der Waals surface area contributed by atoms with Crippen LogP contribution in [-0.4, -0.2) is 0 Å². The van der Waals surface area contributed by atoms with Crippen LogP contribution in [0.4, 0.5) is 22.0 Å². The Morgan fingerprint density at radius 1 is 0.800 bits per heavy atom. The van der Waals surface area contributed by atoms with Crippen molar-refractivity contribution in [1.29, 1.82) is 0 Å². The summed E-state index contributed by atoms with van der Waals surface area (Å²) in [5, 5.41) is 0. The SMILES string of the molecule is Cc1cc(F)c(OCc2cc(F)c(F)c(F)c2)c(F)c1. The highest BCUT2D eigenvalue weighted by molar-refractivity contribution is 5.31. The minimum atomic E-state index is -1.61. The highest BCUT2D eigenvalue weighted by Crippen LogP contribution is 2.24. The molecule has 0 fully saturated rings. The first-order valence-electron chi connectivity index (χ1n) is 5.60. The van der Waals surface area contributed by atoms with Crippen molar-refractivity contribution in [1.82, 2.24) is 0 Å². The first kappa shape index (κ1) is 14.3. The van der Waals surface area contributed by atoms with Crippen LogP contribution in [0.25, 0.3) is 0 Å². The molecule has 20 heavy (non-hydrogen) atoms. The van der Waals surface area contributed by atoms with Gasteiger partial charge in [-0.2, -0.15) is 0 Å². The zero-order chi connectivity index (χ0) is 14.9. The normalized spacial score (nSPS) is 10.7. The lowest BCUT2D eigenvalue weighted by Crippen LogP contribution is -2.03. The lowest BCUT2D eigenvalue weighted by atomic mass is 10.2. The molecule has 0 aliphatic heterocycles. The average Bonchev–Trinajstić information content (AvgIpc) is 2.34. The molecule has 0 aliphatic rings. The smallest absolute Gasteiger partial charge is 0.194 e. The molecule has 0 N–H and O–H groups in total. The Kier molecular flexibility index (Phi) is 3.92. The van der Waals surface area contributed by atoms with E-state index in [0.717, 1.165) is 12.1 Å². The number of hydrogen-bond donors (Lipinski definition) is 0. The van der Waals surface area contributed by atoms with Gasteiger partial charge in [-0.3, -0.25) is 0 Å². The van der Waals surface area contributed by atoms with E-state index in [1.807, 2.05) is 0 Å². The van der Waals surface area contributed by atoms with E-state index in [4.69, 9.17) is 4.74 Å². The van der Waals surface area contributed by atoms with Crippen molar-refractivity contribution in [3.63, 3.8) is 0 Å². The van der Waals surface area contributed by atoms with E-state index in [9.17, 15) is 22.0 Å². The van der Waals surface area contributed by atoms with E-state index in [2.05, 4.69) is 0 Å². The van der Waals surface area contributed by atoms with Crippen LogP contribution in [0.5, 0.6) is 5.75 Å². The summed E-state index contributed by atoms with van der Waals surface area (Å²) in [5.41, 5.74) is 0.284. The van der Waals surface area contributed by atoms with Crippen LogP contribution < -0.4 is 4.74 Å². The van der Waals surface area contributed by atoms with Crippen molar-refractivity contribution < 1.29 is 26.7 Å². The lowest BCUT2D eigenvalue weighted by molar-refractivity contribution is 0.272. The number of hydrogen-bond acceptors (Lipinski definition) is 1. The maximum absolute atomic E-state index is 13.5. The Bertz CT molecular complexity index is 608. The van der Waals surface area contributed by atoms with Gasteiger partial charge in [-0.25, -0.2) is 22.0 Å². The number of ether oxygens (including phenoxy) is 1. The van der Waals surface area contributed by atoms with E-state index < -0.39 is 41.4 Å². The molecular weight excluding hydrogens is 279 g/mol. The number of benzene rings is 2. The summed E-state index contributed by atoms with van der Waals surface area (Å²) in [4.78, 5) is 0. The molecule has 6 heteroatoms. The second-order valence-corrected chi connectivity index (χ2v) is 4.22. The predicted molar refractivity (Wildman–Crippen MR) is 61.7 cm³/mol. The maximum Gasteiger partial charge on any atom is 0.194 e. The molecule has 0 aliphatic carbocycles. The van der Waals surface area contributed by atoms with E-state index >= 15 is 0 Å². The summed E-state index contributed by atoms with van der Waals surface area (Å²) in [6.07, 6.45) is 0. The summed E-state index contributed by atoms with van der Waals surface area (Å²) < 4.78 is 70.4. The standard InChI is InChI=1S/C14H9F5O/c1-7-2-11(17)14(12(18)3-7)20-6-8-4-9(15)13(19)10(16)5-8/h2-5H,6H2,1H3. The maximum atomic E-state index is 13.5. The Hall–Kier alpha value is -2.11. The van der Waals surface area contributed by atoms with Gasteiger partial charge in [-0.1, -0.05) is 0 Å². The molecule has 0 saturated heterocycles. The van der Waals surface area contributed by atoms with Crippen LogP contribution in [0.15, 0.2) is 24.3 Å². The second-order valence-electron chi connectivity index (χ2n) is 4.22. The van der Waals surface area contributed by atoms with E-state index in [-0.39, 0.29) is 5.56 Å². The third kappa shape index (κ3) is 2.89. The third-order valence-corrected chi connectivity index (χ3v) is 2.57. The predicted octanol–water partition coefficient (Wildman–Crippen LogP) is 4.27. The Balaban J connectivity index is 2.21. The summed E-state index contributed by atoms with van der Waals surface area (Å²) in [7, 11) is 0. The first-order chi connectivity index (χ1) is 9.38. The van der Waals surface area contributed by atoms with Crippen LogP contribution >= 0.6 is 0 Å². The first-order valence-corrected chi connectivity index (χ1v) is 5.60. The molecule has 2 aromatic carbocycles. The van der Waals surface area contributed by atoms with Crippen molar-refractivity contribution in [2.75, 3.05) is 0 Å². The van der Waals surface area contributed by atoms with Crippen LogP contribution in [0.1, 0.15) is 11.1 Å². The molecule has 2 aromatic rings. The fraction of sp³-hybridized carbons (Fsp3) is 0.143. The molecule has 0 spiro atoms. The van der Waals surface area contributed by atoms with Gasteiger partial charge in [0.2, 0.25) is 0 Å². The van der Waals surface area contributed by atoms with Crippen molar-refractivity contribution in [3.05, 3.63) is 64.5 Å². The average molecular weight is 288 g/mol. The molecule has 0 aromatic heterocycles. The molecule has 2 rings (SSSR count). The zero-order valence-electron chi connectivity index (χ0n) is 10.3. The van der Waals surface area contributed by atoms with Crippen molar-refractivity contribution in [3.8, 4) is 5.75 Å². The van der Waals surface area contributed by atoms with Crippen LogP contribution in [0, 0.1) is 36.0 Å². The minimum absolute atomic E-state index is 0.0826. The summed E-state index contributed by atoms with van der Waals surface area (Å²) in [5.74, 6) is -6.90. The highest BCUT2D eigenvalue weighted by atomic mass is 19.2. The van der Waals surface area contributed by atoms with Crippen LogP contribution in [0.2, 0.25) is 0 Å². The van der Waals surface area contributed by atoms with E-state index in [0.29, 0.717) is 17.7 Å². The van der Waals surface area contributed by atoms with Crippen molar-refractivity contribution in [2.24, 2.45) is 0 Å². The summed E-state index contributed by atoms with van der Waals surface area (Å²) in [6, 6.07) is 3.51. The van der Waals surface area contributed by atoms with Gasteiger partial charge in [0.05, 0.1) is 0 Å². The fourth-order valence-electron chi connectivity index (χ4n) is 1.67. The van der Waals surface area contributed by atoms with Gasteiger partial charge in [0.25, 0.3) is 0 Å². The van der Waals surface area contributed by atoms with Gasteiger partial charge < -0.3 is 4.74 Å². The van der Waals surface area contributed by atoms with Crippen LogP contribution in [0.3, 0.4) is 0 Å². The van der Waals surface area contributed by atoms with Crippen LogP contribution in [-0.2, 0) is 6.61 Å². The topological polar surface area (TPSA) is 9.23 Å². The second kappa shape index (κ2) is 5.48. The lowest BCUT2D eigenvalue weighted by Gasteiger charge is -2.09. The summed E-state index contributed by atoms with van der Waals surface area (Å²) in [6.45, 7) is 1.01. The van der Waals surface area contributed by atoms with Gasteiger partial charge in [0.15, 0.2) is 34.8 Å². The Morgan fingerprint density at radius 2 is 1.30 bits per heavy atom. The van der Waals surface area contributed by atoms with E-state index in [1.54, 1.807) is 0 Å². The molecular formula is C14H9F5O. The monoisotopic (exact) mass is 288 g/mol. The fourth-order valence-corrected chi connectivity index (χ4v) is 1.67. The Morgan fingerprint density at radius 3 is 1.80 bits per heavy atom. The number of rotatable bonds is 3. The largest absolute Gasteiger partial charge is 0.483 e. The zero-order valence-corrected chi connectivity index (χ0v) is 10.3. The molecule has 0 bridgehead atoms. The molecule has 0 atom stereocenters. The number of aryl methyl sites for hydroxylation is 1. The molecule has 0 amide bonds.